The van der Waals surface area contributed by atoms with Crippen LogP contribution in [0.2, 0.25) is 0 Å². The van der Waals surface area contributed by atoms with E-state index in [9.17, 15) is 10.1 Å². The predicted molar refractivity (Wildman–Crippen MR) is 57.7 cm³/mol. The number of nitro benzene ring substituents is 1. The van der Waals surface area contributed by atoms with Gasteiger partial charge in [-0.05, 0) is 24.5 Å². The third-order valence-electron chi connectivity index (χ3n) is 2.83. The molecule has 3 N–H and O–H groups in total. The highest BCUT2D eigenvalue weighted by atomic mass is 16.6. The fourth-order valence-electron chi connectivity index (χ4n) is 1.63. The highest BCUT2D eigenvalue weighted by Gasteiger charge is 2.40. The van der Waals surface area contributed by atoms with Crippen LogP contribution in [0.15, 0.2) is 18.2 Å². The molecule has 0 saturated heterocycles. The summed E-state index contributed by atoms with van der Waals surface area (Å²) in [5, 5.41) is 13.6. The molecule has 0 aromatic heterocycles. The minimum Gasteiger partial charge on any atom is -0.383 e. The largest absolute Gasteiger partial charge is 0.383 e. The zero-order valence-corrected chi connectivity index (χ0v) is 8.49. The first kappa shape index (κ1) is 9.92. The van der Waals surface area contributed by atoms with E-state index in [1.54, 1.807) is 19.2 Å². The van der Waals surface area contributed by atoms with Gasteiger partial charge in [-0.15, -0.1) is 0 Å². The molecule has 5 nitrogen and oxygen atoms in total. The first-order valence-corrected chi connectivity index (χ1v) is 4.82. The minimum atomic E-state index is -0.388. The van der Waals surface area contributed by atoms with Crippen molar-refractivity contribution in [2.24, 2.45) is 5.73 Å². The summed E-state index contributed by atoms with van der Waals surface area (Å²) in [6, 6.07) is 5.13. The maximum absolute atomic E-state index is 10.8. The second-order valence-corrected chi connectivity index (χ2v) is 3.90. The van der Waals surface area contributed by atoms with Crippen LogP contribution < -0.4 is 11.1 Å². The van der Waals surface area contributed by atoms with Crippen molar-refractivity contribution in [3.8, 4) is 0 Å². The van der Waals surface area contributed by atoms with Gasteiger partial charge in [-0.2, -0.15) is 0 Å². The molecule has 0 bridgehead atoms. The molecule has 1 aromatic rings. The highest BCUT2D eigenvalue weighted by Crippen LogP contribution is 2.44. The van der Waals surface area contributed by atoms with E-state index in [1.807, 2.05) is 6.07 Å². The number of hydrogen-bond acceptors (Lipinski definition) is 4. The Morgan fingerprint density at radius 1 is 1.53 bits per heavy atom. The molecule has 1 fully saturated rings. The van der Waals surface area contributed by atoms with Crippen molar-refractivity contribution in [1.82, 2.24) is 0 Å². The smallest absolute Gasteiger partial charge is 0.292 e. The van der Waals surface area contributed by atoms with E-state index in [-0.39, 0.29) is 16.1 Å². The Morgan fingerprint density at radius 3 is 2.67 bits per heavy atom. The Hall–Kier alpha value is -1.62. The van der Waals surface area contributed by atoms with E-state index in [4.69, 9.17) is 5.73 Å². The number of nitrogens with one attached hydrogen (secondary N) is 1. The van der Waals surface area contributed by atoms with Crippen LogP contribution in [0.5, 0.6) is 0 Å². The molecule has 0 spiro atoms. The molecule has 0 unspecified atom stereocenters. The van der Waals surface area contributed by atoms with Crippen LogP contribution in [0.25, 0.3) is 0 Å². The summed E-state index contributed by atoms with van der Waals surface area (Å²) in [4.78, 5) is 10.4. The minimum absolute atomic E-state index is 0.0896. The van der Waals surface area contributed by atoms with Crippen LogP contribution >= 0.6 is 0 Å². The van der Waals surface area contributed by atoms with Gasteiger partial charge in [-0.1, -0.05) is 6.07 Å². The Kier molecular flexibility index (Phi) is 2.12. The topological polar surface area (TPSA) is 81.2 Å². The molecule has 15 heavy (non-hydrogen) atoms. The van der Waals surface area contributed by atoms with Gasteiger partial charge in [0.15, 0.2) is 0 Å². The average Bonchev–Trinajstić information content (AvgIpc) is 2.96. The number of nitrogens with zero attached hydrogens (tertiary/aromatic N) is 1. The van der Waals surface area contributed by atoms with Crippen molar-refractivity contribution < 1.29 is 4.92 Å². The number of rotatable bonds is 3. The highest BCUT2D eigenvalue weighted by molar-refractivity contribution is 5.63. The summed E-state index contributed by atoms with van der Waals surface area (Å²) in [5.41, 5.74) is 7.13. The van der Waals surface area contributed by atoms with Gasteiger partial charge < -0.3 is 11.1 Å². The SMILES string of the molecule is CNc1ccc(C2(N)CC2)cc1[N+](=O)[O-]. The molecular formula is C10H13N3O2. The van der Waals surface area contributed by atoms with Crippen LogP contribution in [0.3, 0.4) is 0 Å². The Balaban J connectivity index is 2.45. The number of nitro groups is 1. The lowest BCUT2D eigenvalue weighted by Gasteiger charge is -2.10. The van der Waals surface area contributed by atoms with Crippen molar-refractivity contribution in [3.63, 3.8) is 0 Å². The Labute approximate surface area is 87.4 Å². The fraction of sp³-hybridized carbons (Fsp3) is 0.400. The quantitative estimate of drug-likeness (QED) is 0.582. The van der Waals surface area contributed by atoms with Gasteiger partial charge in [0, 0.05) is 18.7 Å². The van der Waals surface area contributed by atoms with Gasteiger partial charge in [0.2, 0.25) is 0 Å². The lowest BCUT2D eigenvalue weighted by molar-refractivity contribution is -0.384. The number of anilines is 1. The maximum Gasteiger partial charge on any atom is 0.292 e. The molecular weight excluding hydrogens is 194 g/mol. The van der Waals surface area contributed by atoms with Crippen molar-refractivity contribution in [2.75, 3.05) is 12.4 Å². The normalized spacial score (nSPS) is 17.2. The molecule has 1 saturated carbocycles. The Bertz CT molecular complexity index is 413. The second kappa shape index (κ2) is 3.20. The van der Waals surface area contributed by atoms with E-state index in [0.29, 0.717) is 5.69 Å². The van der Waals surface area contributed by atoms with Crippen LogP contribution in [-0.2, 0) is 5.54 Å². The molecule has 0 amide bonds. The molecule has 0 aliphatic heterocycles. The standard InChI is InChI=1S/C10H13N3O2/c1-12-8-3-2-7(10(11)4-5-10)6-9(8)13(14)15/h2-3,6,12H,4-5,11H2,1H3. The summed E-state index contributed by atoms with van der Waals surface area (Å²) in [6.07, 6.45) is 1.81. The van der Waals surface area contributed by atoms with Gasteiger partial charge >= 0.3 is 0 Å². The molecule has 2 rings (SSSR count). The van der Waals surface area contributed by atoms with E-state index >= 15 is 0 Å². The molecule has 0 radical (unpaired) electrons. The summed E-state index contributed by atoms with van der Waals surface area (Å²) < 4.78 is 0. The molecule has 0 atom stereocenters. The molecule has 0 heterocycles. The average molecular weight is 207 g/mol. The number of hydrogen-bond donors (Lipinski definition) is 2. The zero-order chi connectivity index (χ0) is 11.1. The van der Waals surface area contributed by atoms with Gasteiger partial charge in [0.1, 0.15) is 5.69 Å². The number of nitrogens with two attached hydrogens (primary N) is 1. The zero-order valence-electron chi connectivity index (χ0n) is 8.49. The van der Waals surface area contributed by atoms with Gasteiger partial charge in [0.05, 0.1) is 4.92 Å². The fourth-order valence-corrected chi connectivity index (χ4v) is 1.63. The Morgan fingerprint density at radius 2 is 2.20 bits per heavy atom. The van der Waals surface area contributed by atoms with Crippen molar-refractivity contribution >= 4 is 11.4 Å². The van der Waals surface area contributed by atoms with E-state index < -0.39 is 0 Å². The summed E-state index contributed by atoms with van der Waals surface area (Å²) in [7, 11) is 1.66. The summed E-state index contributed by atoms with van der Waals surface area (Å²) >= 11 is 0. The van der Waals surface area contributed by atoms with Crippen molar-refractivity contribution in [2.45, 2.75) is 18.4 Å². The molecule has 5 heteroatoms. The van der Waals surface area contributed by atoms with E-state index in [0.717, 1.165) is 18.4 Å². The van der Waals surface area contributed by atoms with Gasteiger partial charge in [-0.25, -0.2) is 0 Å². The predicted octanol–water partition coefficient (Wildman–Crippen LogP) is 1.58. The third-order valence-corrected chi connectivity index (χ3v) is 2.83. The first-order chi connectivity index (χ1) is 7.07. The van der Waals surface area contributed by atoms with Crippen molar-refractivity contribution in [3.05, 3.63) is 33.9 Å². The van der Waals surface area contributed by atoms with Crippen molar-refractivity contribution in [1.29, 1.82) is 0 Å². The second-order valence-electron chi connectivity index (χ2n) is 3.90. The van der Waals surface area contributed by atoms with Crippen LogP contribution in [0.4, 0.5) is 11.4 Å². The molecule has 1 aliphatic rings. The number of benzene rings is 1. The van der Waals surface area contributed by atoms with E-state index in [2.05, 4.69) is 5.32 Å². The van der Waals surface area contributed by atoms with Crippen LogP contribution in [0, 0.1) is 10.1 Å². The first-order valence-electron chi connectivity index (χ1n) is 4.82. The molecule has 1 aliphatic carbocycles. The third kappa shape index (κ3) is 1.66. The van der Waals surface area contributed by atoms with Gasteiger partial charge in [0.25, 0.3) is 5.69 Å². The van der Waals surface area contributed by atoms with E-state index in [1.165, 1.54) is 0 Å². The summed E-state index contributed by atoms with van der Waals surface area (Å²) in [5.74, 6) is 0. The molecule has 1 aromatic carbocycles. The van der Waals surface area contributed by atoms with Gasteiger partial charge in [-0.3, -0.25) is 10.1 Å². The molecule has 80 valence electrons. The monoisotopic (exact) mass is 207 g/mol. The summed E-state index contributed by atoms with van der Waals surface area (Å²) in [6.45, 7) is 0. The lowest BCUT2D eigenvalue weighted by atomic mass is 10.0. The lowest BCUT2D eigenvalue weighted by Crippen LogP contribution is -2.18. The maximum atomic E-state index is 10.8. The van der Waals surface area contributed by atoms with Crippen LogP contribution in [0.1, 0.15) is 18.4 Å². The van der Waals surface area contributed by atoms with Crippen LogP contribution in [-0.4, -0.2) is 12.0 Å².